The highest BCUT2D eigenvalue weighted by atomic mass is 32.2. The maximum absolute atomic E-state index is 13.5. The summed E-state index contributed by atoms with van der Waals surface area (Å²) in [5, 5.41) is 0. The van der Waals surface area contributed by atoms with Crippen LogP contribution in [0.5, 0.6) is 0 Å². The molecule has 0 saturated heterocycles. The summed E-state index contributed by atoms with van der Waals surface area (Å²) in [5.41, 5.74) is 4.66. The van der Waals surface area contributed by atoms with E-state index in [1.807, 2.05) is 4.72 Å². The number of nitrogens with two attached hydrogens (primary N) is 1. The van der Waals surface area contributed by atoms with Crippen LogP contribution >= 0.6 is 0 Å². The third-order valence-corrected chi connectivity index (χ3v) is 5.86. The standard InChI is InChI=1S/C10H15F2N3O4S2/c1-15(2)20(16,17)4-3-14-21(18,19)10-6-9(13)7(11)5-8(10)12/h5-6,14H,3-4,13H2,1-2H3. The molecule has 0 amide bonds. The predicted octanol–water partition coefficient (Wildman–Crippen LogP) is -0.283. The van der Waals surface area contributed by atoms with Gasteiger partial charge in [-0.05, 0) is 6.07 Å². The smallest absolute Gasteiger partial charge is 0.243 e. The van der Waals surface area contributed by atoms with Gasteiger partial charge in [0.25, 0.3) is 0 Å². The normalized spacial score (nSPS) is 12.8. The molecule has 0 atom stereocenters. The zero-order chi connectivity index (χ0) is 16.4. The maximum Gasteiger partial charge on any atom is 0.243 e. The molecule has 21 heavy (non-hydrogen) atoms. The van der Waals surface area contributed by atoms with Crippen LogP contribution in [0.1, 0.15) is 0 Å². The average Bonchev–Trinajstić information content (AvgIpc) is 2.32. The summed E-state index contributed by atoms with van der Waals surface area (Å²) < 4.78 is 75.9. The van der Waals surface area contributed by atoms with Crippen molar-refractivity contribution in [3.63, 3.8) is 0 Å². The summed E-state index contributed by atoms with van der Waals surface area (Å²) in [6.45, 7) is -0.459. The molecule has 1 aromatic rings. The van der Waals surface area contributed by atoms with Gasteiger partial charge in [0.05, 0.1) is 11.4 Å². The Kier molecular flexibility index (Phi) is 5.25. The minimum absolute atomic E-state index is 0.348. The lowest BCUT2D eigenvalue weighted by atomic mass is 10.3. The molecule has 0 bridgehead atoms. The Bertz CT molecular complexity index is 733. The molecule has 1 rings (SSSR count). The second kappa shape index (κ2) is 6.22. The second-order valence-electron chi connectivity index (χ2n) is 4.30. The van der Waals surface area contributed by atoms with Crippen LogP contribution in [0.2, 0.25) is 0 Å². The first-order chi connectivity index (χ1) is 9.47. The predicted molar refractivity (Wildman–Crippen MR) is 73.4 cm³/mol. The van der Waals surface area contributed by atoms with E-state index in [2.05, 4.69) is 0 Å². The number of nitrogen functional groups attached to an aromatic ring is 1. The zero-order valence-electron chi connectivity index (χ0n) is 11.3. The molecule has 0 unspecified atom stereocenters. The lowest BCUT2D eigenvalue weighted by Crippen LogP contribution is -2.34. The molecule has 0 aliphatic carbocycles. The molecule has 0 fully saturated rings. The molecule has 120 valence electrons. The number of rotatable bonds is 6. The summed E-state index contributed by atoms with van der Waals surface area (Å²) in [6.07, 6.45) is 0. The summed E-state index contributed by atoms with van der Waals surface area (Å²) in [4.78, 5) is -0.844. The molecular weight excluding hydrogens is 328 g/mol. The molecule has 3 N–H and O–H groups in total. The molecule has 0 spiro atoms. The summed E-state index contributed by atoms with van der Waals surface area (Å²) >= 11 is 0. The van der Waals surface area contributed by atoms with Gasteiger partial charge in [0.2, 0.25) is 20.0 Å². The van der Waals surface area contributed by atoms with E-state index in [9.17, 15) is 25.6 Å². The van der Waals surface area contributed by atoms with Crippen LogP contribution in [-0.2, 0) is 20.0 Å². The van der Waals surface area contributed by atoms with Crippen molar-refractivity contribution in [3.05, 3.63) is 23.8 Å². The molecule has 11 heteroatoms. The number of hydrogen-bond acceptors (Lipinski definition) is 5. The van der Waals surface area contributed by atoms with Crippen LogP contribution in [0.3, 0.4) is 0 Å². The van der Waals surface area contributed by atoms with Crippen LogP contribution in [-0.4, -0.2) is 47.5 Å². The van der Waals surface area contributed by atoms with E-state index in [1.54, 1.807) is 0 Å². The van der Waals surface area contributed by atoms with Gasteiger partial charge in [-0.25, -0.2) is 34.6 Å². The summed E-state index contributed by atoms with van der Waals surface area (Å²) in [7, 11) is -5.34. The number of anilines is 1. The van der Waals surface area contributed by atoms with Crippen molar-refractivity contribution in [1.29, 1.82) is 0 Å². The van der Waals surface area contributed by atoms with Crippen molar-refractivity contribution in [2.75, 3.05) is 32.1 Å². The quantitative estimate of drug-likeness (QED) is 0.690. The van der Waals surface area contributed by atoms with Crippen molar-refractivity contribution < 1.29 is 25.6 Å². The van der Waals surface area contributed by atoms with Gasteiger partial charge in [-0.3, -0.25) is 0 Å². The molecule has 0 aromatic heterocycles. The first-order valence-electron chi connectivity index (χ1n) is 5.62. The molecule has 0 aliphatic heterocycles. The van der Waals surface area contributed by atoms with Crippen LogP contribution in [0.15, 0.2) is 17.0 Å². The van der Waals surface area contributed by atoms with Gasteiger partial charge in [0.15, 0.2) is 0 Å². The largest absolute Gasteiger partial charge is 0.396 e. The highest BCUT2D eigenvalue weighted by molar-refractivity contribution is 7.90. The van der Waals surface area contributed by atoms with E-state index in [0.29, 0.717) is 12.1 Å². The highest BCUT2D eigenvalue weighted by Crippen LogP contribution is 2.20. The van der Waals surface area contributed by atoms with Crippen molar-refractivity contribution in [2.24, 2.45) is 0 Å². The van der Waals surface area contributed by atoms with E-state index < -0.39 is 54.6 Å². The van der Waals surface area contributed by atoms with Crippen molar-refractivity contribution >= 4 is 25.7 Å². The van der Waals surface area contributed by atoms with Crippen LogP contribution in [0, 0.1) is 11.6 Å². The molecule has 0 saturated carbocycles. The number of nitrogens with one attached hydrogen (secondary N) is 1. The third kappa shape index (κ3) is 4.33. The fraction of sp³-hybridized carbons (Fsp3) is 0.400. The molecule has 7 nitrogen and oxygen atoms in total. The third-order valence-electron chi connectivity index (χ3n) is 2.55. The number of sulfonamides is 2. The Morgan fingerprint density at radius 2 is 1.71 bits per heavy atom. The van der Waals surface area contributed by atoms with Crippen LogP contribution in [0.25, 0.3) is 0 Å². The lowest BCUT2D eigenvalue weighted by Gasteiger charge is -2.12. The van der Waals surface area contributed by atoms with Gasteiger partial charge >= 0.3 is 0 Å². The summed E-state index contributed by atoms with van der Waals surface area (Å²) in [5.74, 6) is -2.90. The SMILES string of the molecule is CN(C)S(=O)(=O)CCNS(=O)(=O)c1cc(N)c(F)cc1F. The van der Waals surface area contributed by atoms with E-state index in [1.165, 1.54) is 14.1 Å². The molecule has 1 aromatic carbocycles. The fourth-order valence-corrected chi connectivity index (χ4v) is 3.29. The van der Waals surface area contributed by atoms with Gasteiger partial charge in [-0.2, -0.15) is 0 Å². The van der Waals surface area contributed by atoms with E-state index in [4.69, 9.17) is 5.73 Å². The van der Waals surface area contributed by atoms with Crippen molar-refractivity contribution in [3.8, 4) is 0 Å². The van der Waals surface area contributed by atoms with E-state index in [0.717, 1.165) is 4.31 Å². The van der Waals surface area contributed by atoms with Crippen molar-refractivity contribution in [1.82, 2.24) is 9.03 Å². The average molecular weight is 343 g/mol. The molecular formula is C10H15F2N3O4S2. The Labute approximate surface area is 121 Å². The Morgan fingerprint density at radius 1 is 1.14 bits per heavy atom. The van der Waals surface area contributed by atoms with Crippen LogP contribution in [0.4, 0.5) is 14.5 Å². The first kappa shape index (κ1) is 17.8. The Hall–Kier alpha value is -1.30. The topological polar surface area (TPSA) is 110 Å². The second-order valence-corrected chi connectivity index (χ2v) is 8.34. The first-order valence-corrected chi connectivity index (χ1v) is 8.71. The van der Waals surface area contributed by atoms with Gasteiger partial charge < -0.3 is 5.73 Å². The number of hydrogen-bond donors (Lipinski definition) is 2. The van der Waals surface area contributed by atoms with Gasteiger partial charge in [0, 0.05) is 26.7 Å². The molecule has 0 aliphatic rings. The number of benzene rings is 1. The Balaban J connectivity index is 2.92. The monoisotopic (exact) mass is 343 g/mol. The van der Waals surface area contributed by atoms with E-state index in [-0.39, 0.29) is 0 Å². The van der Waals surface area contributed by atoms with Crippen LogP contribution < -0.4 is 10.5 Å². The van der Waals surface area contributed by atoms with Gasteiger partial charge in [-0.1, -0.05) is 0 Å². The van der Waals surface area contributed by atoms with E-state index >= 15 is 0 Å². The molecule has 0 radical (unpaired) electrons. The zero-order valence-corrected chi connectivity index (χ0v) is 12.9. The van der Waals surface area contributed by atoms with Gasteiger partial charge in [0.1, 0.15) is 16.5 Å². The lowest BCUT2D eigenvalue weighted by molar-refractivity contribution is 0.519. The highest BCUT2D eigenvalue weighted by Gasteiger charge is 2.22. The number of halogens is 2. The summed E-state index contributed by atoms with van der Waals surface area (Å²) in [6, 6.07) is 0.980. The molecule has 0 heterocycles. The maximum atomic E-state index is 13.5. The van der Waals surface area contributed by atoms with Gasteiger partial charge in [-0.15, -0.1) is 0 Å². The Morgan fingerprint density at radius 3 is 2.24 bits per heavy atom. The fourth-order valence-electron chi connectivity index (χ4n) is 1.32. The van der Waals surface area contributed by atoms with Crippen molar-refractivity contribution in [2.45, 2.75) is 4.90 Å². The minimum Gasteiger partial charge on any atom is -0.396 e. The number of nitrogens with zero attached hydrogens (tertiary/aromatic N) is 1. The minimum atomic E-state index is -4.33.